The van der Waals surface area contributed by atoms with Gasteiger partial charge in [0.2, 0.25) is 0 Å². The molecule has 2 aromatic rings. The van der Waals surface area contributed by atoms with Crippen LogP contribution < -0.4 is 0 Å². The molecule has 2 heterocycles. The summed E-state index contributed by atoms with van der Waals surface area (Å²) in [5.74, 6) is 0. The molecular weight excluding hydrogens is 212 g/mol. The Balaban J connectivity index is 2.50. The Morgan fingerprint density at radius 2 is 1.93 bits per heavy atom. The van der Waals surface area contributed by atoms with Crippen LogP contribution in [0, 0.1) is 11.3 Å². The molecule has 0 aromatic carbocycles. The van der Waals surface area contributed by atoms with E-state index in [1.165, 1.54) is 12.4 Å². The number of aromatic nitrogens is 3. The van der Waals surface area contributed by atoms with Crippen LogP contribution in [0.4, 0.5) is 0 Å². The summed E-state index contributed by atoms with van der Waals surface area (Å²) in [6.07, 6.45) is 6.12. The van der Waals surface area contributed by atoms with Crippen molar-refractivity contribution in [3.63, 3.8) is 0 Å². The third kappa shape index (κ3) is 2.09. The van der Waals surface area contributed by atoms with Gasteiger partial charge in [-0.15, -0.1) is 0 Å². The predicted molar refractivity (Wildman–Crippen MR) is 55.0 cm³/mol. The van der Waals surface area contributed by atoms with Crippen molar-refractivity contribution in [1.82, 2.24) is 15.0 Å². The van der Waals surface area contributed by atoms with Crippen LogP contribution in [-0.4, -0.2) is 15.0 Å². The summed E-state index contributed by atoms with van der Waals surface area (Å²) < 4.78 is 0. The fourth-order valence-corrected chi connectivity index (χ4v) is 1.27. The van der Waals surface area contributed by atoms with Crippen LogP contribution in [0.25, 0.3) is 11.3 Å². The molecule has 0 saturated heterocycles. The van der Waals surface area contributed by atoms with Crippen LogP contribution in [0.3, 0.4) is 0 Å². The van der Waals surface area contributed by atoms with Crippen molar-refractivity contribution >= 4 is 11.6 Å². The Morgan fingerprint density at radius 1 is 1.13 bits per heavy atom. The normalized spacial score (nSPS) is 9.60. The van der Waals surface area contributed by atoms with Crippen molar-refractivity contribution in [2.45, 2.75) is 0 Å². The van der Waals surface area contributed by atoms with Gasteiger partial charge in [-0.1, -0.05) is 11.6 Å². The molecule has 0 atom stereocenters. The number of pyridine rings is 1. The quantitative estimate of drug-likeness (QED) is 0.732. The Kier molecular flexibility index (Phi) is 2.57. The van der Waals surface area contributed by atoms with Crippen LogP contribution in [-0.2, 0) is 0 Å². The van der Waals surface area contributed by atoms with Crippen LogP contribution >= 0.6 is 11.6 Å². The monoisotopic (exact) mass is 216 g/mol. The highest BCUT2D eigenvalue weighted by atomic mass is 35.5. The third-order valence-corrected chi connectivity index (χ3v) is 1.95. The van der Waals surface area contributed by atoms with Gasteiger partial charge in [0.05, 0.1) is 23.7 Å². The fraction of sp³-hybridized carbons (Fsp3) is 0. The molecule has 0 fully saturated rings. The maximum absolute atomic E-state index is 8.71. The lowest BCUT2D eigenvalue weighted by molar-refractivity contribution is 1.19. The standard InChI is InChI=1S/C10H5ClN4/c11-10-6-14-5-9(15-10)8-1-7(2-12)3-13-4-8/h1,3-6H. The largest absolute Gasteiger partial charge is 0.263 e. The van der Waals surface area contributed by atoms with Crippen molar-refractivity contribution in [3.8, 4) is 17.3 Å². The Bertz CT molecular complexity index is 533. The van der Waals surface area contributed by atoms with Crippen molar-refractivity contribution in [3.05, 3.63) is 41.6 Å². The van der Waals surface area contributed by atoms with Crippen molar-refractivity contribution in [2.75, 3.05) is 0 Å². The Morgan fingerprint density at radius 3 is 2.67 bits per heavy atom. The average Bonchev–Trinajstić information content (AvgIpc) is 2.29. The second kappa shape index (κ2) is 4.03. The van der Waals surface area contributed by atoms with Crippen LogP contribution in [0.5, 0.6) is 0 Å². The maximum atomic E-state index is 8.71. The van der Waals surface area contributed by atoms with Crippen LogP contribution in [0.15, 0.2) is 30.9 Å². The summed E-state index contributed by atoms with van der Waals surface area (Å²) in [5, 5.41) is 9.03. The van der Waals surface area contributed by atoms with E-state index < -0.39 is 0 Å². The molecule has 2 aromatic heterocycles. The van der Waals surface area contributed by atoms with Gasteiger partial charge in [-0.25, -0.2) is 4.98 Å². The van der Waals surface area contributed by atoms with E-state index >= 15 is 0 Å². The summed E-state index contributed by atoms with van der Waals surface area (Å²) in [5.41, 5.74) is 1.81. The molecule has 0 N–H and O–H groups in total. The van der Waals surface area contributed by atoms with Gasteiger partial charge in [0.1, 0.15) is 11.2 Å². The molecule has 0 aliphatic heterocycles. The first-order valence-corrected chi connectivity index (χ1v) is 4.50. The van der Waals surface area contributed by atoms with E-state index in [0.29, 0.717) is 16.4 Å². The van der Waals surface area contributed by atoms with Crippen LogP contribution in [0.1, 0.15) is 5.56 Å². The number of hydrogen-bond donors (Lipinski definition) is 0. The average molecular weight is 217 g/mol. The first-order chi connectivity index (χ1) is 7.29. The number of hydrogen-bond acceptors (Lipinski definition) is 4. The second-order valence-electron chi connectivity index (χ2n) is 2.80. The van der Waals surface area contributed by atoms with Gasteiger partial charge in [0.15, 0.2) is 0 Å². The van der Waals surface area contributed by atoms with Gasteiger partial charge in [0.25, 0.3) is 0 Å². The van der Waals surface area contributed by atoms with Gasteiger partial charge >= 0.3 is 0 Å². The van der Waals surface area contributed by atoms with E-state index in [1.807, 2.05) is 6.07 Å². The number of nitrogens with zero attached hydrogens (tertiary/aromatic N) is 4. The van der Waals surface area contributed by atoms with E-state index in [1.54, 1.807) is 18.5 Å². The van der Waals surface area contributed by atoms with Gasteiger partial charge < -0.3 is 0 Å². The zero-order chi connectivity index (χ0) is 10.7. The molecule has 2 rings (SSSR count). The molecule has 0 amide bonds. The smallest absolute Gasteiger partial charge is 0.148 e. The van der Waals surface area contributed by atoms with Crippen molar-refractivity contribution in [2.24, 2.45) is 0 Å². The molecule has 15 heavy (non-hydrogen) atoms. The molecule has 0 saturated carbocycles. The molecule has 0 unspecified atom stereocenters. The van der Waals surface area contributed by atoms with Gasteiger partial charge in [-0.3, -0.25) is 9.97 Å². The maximum Gasteiger partial charge on any atom is 0.148 e. The number of halogens is 1. The molecule has 0 radical (unpaired) electrons. The summed E-state index contributed by atoms with van der Waals surface area (Å²) >= 11 is 5.71. The summed E-state index contributed by atoms with van der Waals surface area (Å²) in [6, 6.07) is 3.70. The Labute approximate surface area is 91.2 Å². The second-order valence-corrected chi connectivity index (χ2v) is 3.19. The first kappa shape index (κ1) is 9.56. The van der Waals surface area contributed by atoms with Crippen molar-refractivity contribution < 1.29 is 0 Å². The summed E-state index contributed by atoms with van der Waals surface area (Å²) in [6.45, 7) is 0. The van der Waals surface area contributed by atoms with Crippen molar-refractivity contribution in [1.29, 1.82) is 5.26 Å². The highest BCUT2D eigenvalue weighted by molar-refractivity contribution is 6.29. The molecule has 4 nitrogen and oxygen atoms in total. The van der Waals surface area contributed by atoms with E-state index in [2.05, 4.69) is 15.0 Å². The summed E-state index contributed by atoms with van der Waals surface area (Å²) in [4.78, 5) is 11.9. The SMILES string of the molecule is N#Cc1cncc(-c2cncc(Cl)n2)c1. The lowest BCUT2D eigenvalue weighted by Gasteiger charge is -1.99. The minimum absolute atomic E-state index is 0.315. The molecule has 0 bridgehead atoms. The number of rotatable bonds is 1. The minimum Gasteiger partial charge on any atom is -0.263 e. The summed E-state index contributed by atoms with van der Waals surface area (Å²) in [7, 11) is 0. The topological polar surface area (TPSA) is 62.5 Å². The van der Waals surface area contributed by atoms with E-state index in [9.17, 15) is 0 Å². The Hall–Kier alpha value is -1.99. The van der Waals surface area contributed by atoms with Gasteiger partial charge in [-0.2, -0.15) is 5.26 Å². The minimum atomic E-state index is 0.315. The lowest BCUT2D eigenvalue weighted by Crippen LogP contribution is -1.88. The van der Waals surface area contributed by atoms with Gasteiger partial charge in [-0.05, 0) is 6.07 Å². The fourth-order valence-electron chi connectivity index (χ4n) is 1.12. The number of nitriles is 1. The first-order valence-electron chi connectivity index (χ1n) is 4.12. The van der Waals surface area contributed by atoms with Gasteiger partial charge in [0, 0.05) is 18.0 Å². The molecule has 0 spiro atoms. The van der Waals surface area contributed by atoms with E-state index in [0.717, 1.165) is 5.56 Å². The molecular formula is C10H5ClN4. The highest BCUT2D eigenvalue weighted by Crippen LogP contribution is 2.17. The molecule has 0 aliphatic carbocycles. The van der Waals surface area contributed by atoms with E-state index in [-0.39, 0.29) is 0 Å². The lowest BCUT2D eigenvalue weighted by atomic mass is 10.2. The molecule has 72 valence electrons. The third-order valence-electron chi connectivity index (χ3n) is 1.77. The zero-order valence-electron chi connectivity index (χ0n) is 7.55. The predicted octanol–water partition coefficient (Wildman–Crippen LogP) is 2.06. The molecule has 0 aliphatic rings. The highest BCUT2D eigenvalue weighted by Gasteiger charge is 2.02. The van der Waals surface area contributed by atoms with Crippen LogP contribution in [0.2, 0.25) is 5.15 Å². The zero-order valence-corrected chi connectivity index (χ0v) is 8.31. The molecule has 5 heteroatoms. The van der Waals surface area contributed by atoms with E-state index in [4.69, 9.17) is 16.9 Å².